The van der Waals surface area contributed by atoms with Gasteiger partial charge in [-0.2, -0.15) is 0 Å². The monoisotopic (exact) mass is 283 g/mol. The predicted molar refractivity (Wildman–Crippen MR) is 81.3 cm³/mol. The van der Waals surface area contributed by atoms with Gasteiger partial charge in [0.05, 0.1) is 6.61 Å². The molecule has 0 bridgehead atoms. The molecule has 0 aliphatic rings. The van der Waals surface area contributed by atoms with E-state index in [-0.39, 0.29) is 0 Å². The Kier molecular flexibility index (Phi) is 5.10. The average molecular weight is 283 g/mol. The summed E-state index contributed by atoms with van der Waals surface area (Å²) < 4.78 is 5.72. The molecule has 1 aromatic heterocycles. The van der Waals surface area contributed by atoms with Gasteiger partial charge in [-0.15, -0.1) is 0 Å². The van der Waals surface area contributed by atoms with E-state index < -0.39 is 5.97 Å². The first-order valence-corrected chi connectivity index (χ1v) is 6.70. The topological polar surface area (TPSA) is 59.4 Å². The first kappa shape index (κ1) is 14.8. The van der Waals surface area contributed by atoms with Crippen LogP contribution in [0.2, 0.25) is 0 Å². The van der Waals surface area contributed by atoms with Gasteiger partial charge in [0.15, 0.2) is 0 Å². The van der Waals surface area contributed by atoms with Crippen LogP contribution in [-0.2, 0) is 11.2 Å². The maximum absolute atomic E-state index is 10.6. The van der Waals surface area contributed by atoms with E-state index in [0.29, 0.717) is 18.1 Å². The van der Waals surface area contributed by atoms with E-state index in [1.165, 1.54) is 11.6 Å². The van der Waals surface area contributed by atoms with Gasteiger partial charge in [-0.05, 0) is 30.7 Å². The largest absolute Gasteiger partial charge is 0.491 e. The Morgan fingerprint density at radius 1 is 1.24 bits per heavy atom. The minimum absolute atomic E-state index is 0.517. The van der Waals surface area contributed by atoms with Crippen LogP contribution in [0.15, 0.2) is 48.5 Å². The Labute approximate surface area is 123 Å². The van der Waals surface area contributed by atoms with Gasteiger partial charge in [-0.3, -0.25) is 0 Å². The quantitative estimate of drug-likeness (QED) is 0.827. The minimum Gasteiger partial charge on any atom is -0.491 e. The van der Waals surface area contributed by atoms with Crippen molar-refractivity contribution in [3.8, 4) is 5.75 Å². The molecule has 0 radical (unpaired) electrons. The van der Waals surface area contributed by atoms with Crippen LogP contribution in [0.25, 0.3) is 6.08 Å². The third-order valence-electron chi connectivity index (χ3n) is 2.90. The second-order valence-electron chi connectivity index (χ2n) is 4.59. The highest BCUT2D eigenvalue weighted by atomic mass is 16.5. The summed E-state index contributed by atoms with van der Waals surface area (Å²) in [5, 5.41) is 8.70. The van der Waals surface area contributed by atoms with Crippen molar-refractivity contribution in [3.05, 3.63) is 65.5 Å². The smallest absolute Gasteiger partial charge is 0.328 e. The van der Waals surface area contributed by atoms with Crippen LogP contribution < -0.4 is 4.74 Å². The van der Waals surface area contributed by atoms with Gasteiger partial charge in [-0.25, -0.2) is 9.78 Å². The zero-order valence-electron chi connectivity index (χ0n) is 11.8. The number of ether oxygens (including phenoxy) is 1. The summed E-state index contributed by atoms with van der Waals surface area (Å²) >= 11 is 0. The third-order valence-corrected chi connectivity index (χ3v) is 2.90. The van der Waals surface area contributed by atoms with Gasteiger partial charge < -0.3 is 9.84 Å². The molecule has 0 aliphatic heterocycles. The molecule has 2 rings (SSSR count). The number of carboxylic acid groups (broad SMARTS) is 1. The van der Waals surface area contributed by atoms with E-state index in [9.17, 15) is 4.79 Å². The number of pyridine rings is 1. The zero-order chi connectivity index (χ0) is 15.1. The van der Waals surface area contributed by atoms with Gasteiger partial charge in [0, 0.05) is 18.2 Å². The minimum atomic E-state index is -1.01. The molecular weight excluding hydrogens is 266 g/mol. The molecular formula is C17H17NO3. The second-order valence-corrected chi connectivity index (χ2v) is 4.59. The van der Waals surface area contributed by atoms with Crippen molar-refractivity contribution in [2.24, 2.45) is 0 Å². The van der Waals surface area contributed by atoms with Gasteiger partial charge in [0.25, 0.3) is 0 Å². The van der Waals surface area contributed by atoms with E-state index in [1.54, 1.807) is 0 Å². The van der Waals surface area contributed by atoms with E-state index in [1.807, 2.05) is 49.4 Å². The van der Waals surface area contributed by atoms with E-state index >= 15 is 0 Å². The molecule has 4 heteroatoms. The predicted octanol–water partition coefficient (Wildman–Crippen LogP) is 3.11. The lowest BCUT2D eigenvalue weighted by Crippen LogP contribution is -2.03. The summed E-state index contributed by atoms with van der Waals surface area (Å²) in [6.45, 7) is 2.37. The number of hydrogen-bond acceptors (Lipinski definition) is 3. The molecule has 0 atom stereocenters. The Hall–Kier alpha value is -2.62. The summed E-state index contributed by atoms with van der Waals surface area (Å²) in [4.78, 5) is 14.9. The van der Waals surface area contributed by atoms with Crippen LogP contribution >= 0.6 is 0 Å². The van der Waals surface area contributed by atoms with Crippen LogP contribution in [0.4, 0.5) is 0 Å². The Bertz CT molecular complexity index is 636. The standard InChI is InChI=1S/C17H17NO3/c1-13-7-9-16(15(18-13)8-10-17(19)20)21-12-11-14-5-3-2-4-6-14/h2-10H,11-12H2,1H3,(H,19,20). The first-order chi connectivity index (χ1) is 10.1. The fourth-order valence-corrected chi connectivity index (χ4v) is 1.88. The maximum Gasteiger partial charge on any atom is 0.328 e. The van der Waals surface area contributed by atoms with E-state index in [2.05, 4.69) is 4.98 Å². The van der Waals surface area contributed by atoms with Crippen LogP contribution in [0.1, 0.15) is 17.0 Å². The Balaban J connectivity index is 2.03. The molecule has 0 saturated carbocycles. The van der Waals surface area contributed by atoms with Crippen molar-refractivity contribution in [1.82, 2.24) is 4.98 Å². The number of benzene rings is 1. The molecule has 0 aliphatic carbocycles. The molecule has 0 fully saturated rings. The first-order valence-electron chi connectivity index (χ1n) is 6.70. The van der Waals surface area contributed by atoms with E-state index in [4.69, 9.17) is 9.84 Å². The average Bonchev–Trinajstić information content (AvgIpc) is 2.48. The zero-order valence-corrected chi connectivity index (χ0v) is 11.8. The summed E-state index contributed by atoms with van der Waals surface area (Å²) in [5.74, 6) is -0.414. The highest BCUT2D eigenvalue weighted by molar-refractivity contribution is 5.85. The molecule has 1 N–H and O–H groups in total. The number of aliphatic carboxylic acids is 1. The SMILES string of the molecule is Cc1ccc(OCCc2ccccc2)c(C=CC(=O)O)n1. The summed E-state index contributed by atoms with van der Waals surface area (Å²) in [5.41, 5.74) is 2.54. The third kappa shape index (κ3) is 4.76. The lowest BCUT2D eigenvalue weighted by atomic mass is 10.2. The van der Waals surface area contributed by atoms with Gasteiger partial charge in [0.2, 0.25) is 0 Å². The normalized spacial score (nSPS) is 10.7. The van der Waals surface area contributed by atoms with Crippen molar-refractivity contribution >= 4 is 12.0 Å². The summed E-state index contributed by atoms with van der Waals surface area (Å²) in [6, 6.07) is 13.7. The molecule has 0 saturated heterocycles. The lowest BCUT2D eigenvalue weighted by molar-refractivity contribution is -0.131. The van der Waals surface area contributed by atoms with Crippen LogP contribution in [0.3, 0.4) is 0 Å². The number of aryl methyl sites for hydroxylation is 1. The van der Waals surface area contributed by atoms with Crippen LogP contribution in [0.5, 0.6) is 5.75 Å². The van der Waals surface area contributed by atoms with Crippen molar-refractivity contribution in [1.29, 1.82) is 0 Å². The van der Waals surface area contributed by atoms with E-state index in [0.717, 1.165) is 18.2 Å². The molecule has 108 valence electrons. The van der Waals surface area contributed by atoms with Crippen molar-refractivity contribution < 1.29 is 14.6 Å². The highest BCUT2D eigenvalue weighted by Crippen LogP contribution is 2.18. The van der Waals surface area contributed by atoms with Crippen LogP contribution in [-0.4, -0.2) is 22.7 Å². The fraction of sp³-hybridized carbons (Fsp3) is 0.176. The molecule has 21 heavy (non-hydrogen) atoms. The summed E-state index contributed by atoms with van der Waals surface area (Å²) in [6.07, 6.45) is 3.30. The Morgan fingerprint density at radius 3 is 2.71 bits per heavy atom. The van der Waals surface area contributed by atoms with Crippen molar-refractivity contribution in [2.75, 3.05) is 6.61 Å². The lowest BCUT2D eigenvalue weighted by Gasteiger charge is -2.09. The molecule has 0 unspecified atom stereocenters. The number of nitrogens with zero attached hydrogens (tertiary/aromatic N) is 1. The molecule has 2 aromatic rings. The second kappa shape index (κ2) is 7.24. The van der Waals surface area contributed by atoms with Crippen LogP contribution in [0, 0.1) is 6.92 Å². The number of carboxylic acids is 1. The van der Waals surface area contributed by atoms with Gasteiger partial charge in [-0.1, -0.05) is 30.3 Å². The summed E-state index contributed by atoms with van der Waals surface area (Å²) in [7, 11) is 0. The fourth-order valence-electron chi connectivity index (χ4n) is 1.88. The molecule has 1 aromatic carbocycles. The molecule has 0 spiro atoms. The van der Waals surface area contributed by atoms with Crippen molar-refractivity contribution in [2.45, 2.75) is 13.3 Å². The molecule has 1 heterocycles. The number of carbonyl (C=O) groups is 1. The maximum atomic E-state index is 10.6. The number of rotatable bonds is 6. The van der Waals surface area contributed by atoms with Crippen molar-refractivity contribution in [3.63, 3.8) is 0 Å². The Morgan fingerprint density at radius 2 is 2.00 bits per heavy atom. The van der Waals surface area contributed by atoms with Gasteiger partial charge >= 0.3 is 5.97 Å². The number of aromatic nitrogens is 1. The molecule has 0 amide bonds. The van der Waals surface area contributed by atoms with Gasteiger partial charge in [0.1, 0.15) is 11.4 Å². The molecule has 4 nitrogen and oxygen atoms in total. The number of hydrogen-bond donors (Lipinski definition) is 1. The highest BCUT2D eigenvalue weighted by Gasteiger charge is 2.04.